The van der Waals surface area contributed by atoms with Crippen LogP contribution in [0, 0.1) is 18.3 Å². The van der Waals surface area contributed by atoms with Crippen molar-refractivity contribution in [3.8, 4) is 6.07 Å². The van der Waals surface area contributed by atoms with Gasteiger partial charge in [0.1, 0.15) is 11.4 Å². The van der Waals surface area contributed by atoms with Crippen LogP contribution in [-0.4, -0.2) is 34.0 Å². The van der Waals surface area contributed by atoms with Gasteiger partial charge in [0.25, 0.3) is 0 Å². The lowest BCUT2D eigenvalue weighted by Crippen LogP contribution is -2.40. The number of benzene rings is 1. The summed E-state index contributed by atoms with van der Waals surface area (Å²) in [5, 5.41) is 9.10. The van der Waals surface area contributed by atoms with Crippen LogP contribution in [0.5, 0.6) is 0 Å². The maximum Gasteiger partial charge on any atom is 0.104 e. The fourth-order valence-electron chi connectivity index (χ4n) is 2.00. The molecule has 0 bridgehead atoms. The van der Waals surface area contributed by atoms with Crippen molar-refractivity contribution in [3.05, 3.63) is 29.6 Å². The number of rotatable bonds is 4. The summed E-state index contributed by atoms with van der Waals surface area (Å²) in [7, 11) is 1.99. The number of nitrogens with zero attached hydrogens (tertiary/aromatic N) is 3. The molecule has 0 aliphatic rings. The number of aromatic amines is 1. The summed E-state index contributed by atoms with van der Waals surface area (Å²) < 4.78 is 0. The largest absolute Gasteiger partial charge is 0.342 e. The molecule has 1 aromatic heterocycles. The van der Waals surface area contributed by atoms with E-state index < -0.39 is 5.54 Å². The predicted molar refractivity (Wildman–Crippen MR) is 76.9 cm³/mol. The first-order valence-corrected chi connectivity index (χ1v) is 6.50. The van der Waals surface area contributed by atoms with Crippen LogP contribution >= 0.6 is 0 Å². The quantitative estimate of drug-likeness (QED) is 0.915. The minimum absolute atomic E-state index is 0.422. The van der Waals surface area contributed by atoms with Crippen LogP contribution < -0.4 is 0 Å². The van der Waals surface area contributed by atoms with Gasteiger partial charge >= 0.3 is 0 Å². The molecule has 4 heteroatoms. The minimum atomic E-state index is -0.422. The number of aromatic nitrogens is 2. The van der Waals surface area contributed by atoms with E-state index in [1.807, 2.05) is 33.9 Å². The van der Waals surface area contributed by atoms with Crippen molar-refractivity contribution < 1.29 is 0 Å². The van der Waals surface area contributed by atoms with Crippen LogP contribution in [0.25, 0.3) is 11.0 Å². The molecule has 4 nitrogen and oxygen atoms in total. The lowest BCUT2D eigenvalue weighted by atomic mass is 10.0. The average molecular weight is 256 g/mol. The molecule has 0 spiro atoms. The number of nitrogens with one attached hydrogen (secondary N) is 1. The van der Waals surface area contributed by atoms with Crippen LogP contribution in [0.2, 0.25) is 0 Å². The molecule has 1 N–H and O–H groups in total. The normalized spacial score (nSPS) is 12.0. The van der Waals surface area contributed by atoms with Crippen molar-refractivity contribution in [2.45, 2.75) is 32.7 Å². The lowest BCUT2D eigenvalue weighted by molar-refractivity contribution is 0.214. The molecule has 0 unspecified atom stereocenters. The highest BCUT2D eigenvalue weighted by Gasteiger charge is 2.22. The summed E-state index contributed by atoms with van der Waals surface area (Å²) in [4.78, 5) is 9.72. The SMILES string of the molecule is Cc1nc2ccc(CCN(C)C(C)(C)C#N)cc2[nH]1. The summed E-state index contributed by atoms with van der Waals surface area (Å²) in [6.45, 7) is 6.70. The smallest absolute Gasteiger partial charge is 0.104 e. The fourth-order valence-corrected chi connectivity index (χ4v) is 2.00. The van der Waals surface area contributed by atoms with Crippen LogP contribution in [0.1, 0.15) is 25.2 Å². The van der Waals surface area contributed by atoms with Gasteiger partial charge in [0.15, 0.2) is 0 Å². The molecule has 19 heavy (non-hydrogen) atoms. The van der Waals surface area contributed by atoms with Crippen LogP contribution in [-0.2, 0) is 6.42 Å². The van der Waals surface area contributed by atoms with Crippen LogP contribution in [0.15, 0.2) is 18.2 Å². The standard InChI is InChI=1S/C15H20N4/c1-11-17-13-6-5-12(9-14(13)18-11)7-8-19(4)15(2,3)10-16/h5-6,9H,7-8H2,1-4H3,(H,17,18). The third-order valence-electron chi connectivity index (χ3n) is 3.63. The topological polar surface area (TPSA) is 55.7 Å². The Bertz CT molecular complexity index is 619. The van der Waals surface area contributed by atoms with Crippen molar-refractivity contribution in [1.29, 1.82) is 5.26 Å². The Hall–Kier alpha value is -1.86. The zero-order valence-corrected chi connectivity index (χ0v) is 12.0. The molecule has 0 aliphatic heterocycles. The maximum atomic E-state index is 9.10. The number of aryl methyl sites for hydroxylation is 1. The molecule has 100 valence electrons. The highest BCUT2D eigenvalue weighted by Crippen LogP contribution is 2.16. The molecule has 0 atom stereocenters. The third-order valence-corrected chi connectivity index (χ3v) is 3.63. The van der Waals surface area contributed by atoms with Gasteiger partial charge in [0, 0.05) is 6.54 Å². The second-order valence-corrected chi connectivity index (χ2v) is 5.52. The first-order chi connectivity index (χ1) is 8.92. The van der Waals surface area contributed by atoms with Gasteiger partial charge in [-0.2, -0.15) is 5.26 Å². The van der Waals surface area contributed by atoms with E-state index >= 15 is 0 Å². The Balaban J connectivity index is 2.08. The minimum Gasteiger partial charge on any atom is -0.342 e. The molecule has 0 fully saturated rings. The second kappa shape index (κ2) is 5.02. The first-order valence-electron chi connectivity index (χ1n) is 6.50. The molecule has 2 rings (SSSR count). The average Bonchev–Trinajstić information content (AvgIpc) is 2.74. The lowest BCUT2D eigenvalue weighted by Gasteiger charge is -2.28. The molecule has 0 saturated carbocycles. The van der Waals surface area contributed by atoms with Crippen molar-refractivity contribution in [3.63, 3.8) is 0 Å². The highest BCUT2D eigenvalue weighted by molar-refractivity contribution is 5.75. The van der Waals surface area contributed by atoms with Crippen molar-refractivity contribution >= 4 is 11.0 Å². The summed E-state index contributed by atoms with van der Waals surface area (Å²) in [5.41, 5.74) is 2.93. The van der Waals surface area contributed by atoms with Gasteiger partial charge in [-0.25, -0.2) is 4.98 Å². The predicted octanol–water partition coefficient (Wildman–Crippen LogP) is 2.65. The van der Waals surface area contributed by atoms with E-state index in [2.05, 4.69) is 33.1 Å². The van der Waals surface area contributed by atoms with Crippen molar-refractivity contribution in [2.24, 2.45) is 0 Å². The number of hydrogen-bond acceptors (Lipinski definition) is 3. The number of likely N-dealkylation sites (N-methyl/N-ethyl adjacent to an activating group) is 1. The summed E-state index contributed by atoms with van der Waals surface area (Å²) in [6, 6.07) is 8.61. The van der Waals surface area contributed by atoms with Gasteiger partial charge in [-0.1, -0.05) is 6.07 Å². The molecular weight excluding hydrogens is 236 g/mol. The Morgan fingerprint density at radius 3 is 2.84 bits per heavy atom. The monoisotopic (exact) mass is 256 g/mol. The van der Waals surface area contributed by atoms with Gasteiger partial charge in [0.05, 0.1) is 17.1 Å². The number of H-pyrrole nitrogens is 1. The van der Waals surface area contributed by atoms with Crippen molar-refractivity contribution in [2.75, 3.05) is 13.6 Å². The van der Waals surface area contributed by atoms with Gasteiger partial charge in [0.2, 0.25) is 0 Å². The summed E-state index contributed by atoms with van der Waals surface area (Å²) in [5.74, 6) is 0.940. The Morgan fingerprint density at radius 2 is 2.16 bits per heavy atom. The number of nitriles is 1. The summed E-state index contributed by atoms with van der Waals surface area (Å²) >= 11 is 0. The van der Waals surface area contributed by atoms with Gasteiger partial charge in [-0.05, 0) is 51.9 Å². The molecule has 1 aromatic carbocycles. The van der Waals surface area contributed by atoms with Gasteiger partial charge in [-0.3, -0.25) is 4.90 Å². The van der Waals surface area contributed by atoms with E-state index in [4.69, 9.17) is 5.26 Å². The van der Waals surface area contributed by atoms with Crippen LogP contribution in [0.3, 0.4) is 0 Å². The Labute approximate surface area is 114 Å². The maximum absolute atomic E-state index is 9.10. The highest BCUT2D eigenvalue weighted by atomic mass is 15.2. The zero-order chi connectivity index (χ0) is 14.0. The molecule has 0 amide bonds. The van der Waals surface area contributed by atoms with Gasteiger partial charge < -0.3 is 4.98 Å². The first kappa shape index (κ1) is 13.6. The van der Waals surface area contributed by atoms with Gasteiger partial charge in [-0.15, -0.1) is 0 Å². The fraction of sp³-hybridized carbons (Fsp3) is 0.467. The van der Waals surface area contributed by atoms with E-state index in [9.17, 15) is 0 Å². The van der Waals surface area contributed by atoms with Crippen LogP contribution in [0.4, 0.5) is 0 Å². The van der Waals surface area contributed by atoms with E-state index in [-0.39, 0.29) is 0 Å². The zero-order valence-electron chi connectivity index (χ0n) is 12.0. The molecule has 0 radical (unpaired) electrons. The molecular formula is C15H20N4. The molecule has 1 heterocycles. The molecule has 0 aliphatic carbocycles. The number of hydrogen-bond donors (Lipinski definition) is 1. The Morgan fingerprint density at radius 1 is 1.42 bits per heavy atom. The third kappa shape index (κ3) is 2.94. The number of imidazole rings is 1. The van der Waals surface area contributed by atoms with E-state index in [0.717, 1.165) is 29.8 Å². The second-order valence-electron chi connectivity index (χ2n) is 5.52. The summed E-state index contributed by atoms with van der Waals surface area (Å²) in [6.07, 6.45) is 0.926. The number of fused-ring (bicyclic) bond motifs is 1. The van der Waals surface area contributed by atoms with E-state index in [0.29, 0.717) is 0 Å². The van der Waals surface area contributed by atoms with E-state index in [1.165, 1.54) is 5.56 Å². The Kier molecular flexibility index (Phi) is 3.59. The van der Waals surface area contributed by atoms with Crippen molar-refractivity contribution in [1.82, 2.24) is 14.9 Å². The molecule has 2 aromatic rings. The molecule has 0 saturated heterocycles. The van der Waals surface area contributed by atoms with E-state index in [1.54, 1.807) is 0 Å².